The van der Waals surface area contributed by atoms with Gasteiger partial charge in [0.05, 0.1) is 5.69 Å². The molecule has 17 heavy (non-hydrogen) atoms. The number of halogens is 1. The minimum absolute atomic E-state index is 0.114. The summed E-state index contributed by atoms with van der Waals surface area (Å²) < 4.78 is 2.93. The number of aromatic nitrogens is 2. The van der Waals surface area contributed by atoms with Crippen LogP contribution >= 0.6 is 15.9 Å². The number of hydrogen-bond donors (Lipinski definition) is 1. The molecule has 0 amide bonds. The van der Waals surface area contributed by atoms with Crippen molar-refractivity contribution in [2.24, 2.45) is 7.05 Å². The van der Waals surface area contributed by atoms with E-state index in [0.29, 0.717) is 6.42 Å². The summed E-state index contributed by atoms with van der Waals surface area (Å²) in [6.07, 6.45) is 0.570. The van der Waals surface area contributed by atoms with Gasteiger partial charge in [-0.1, -0.05) is 23.8 Å². The Morgan fingerprint density at radius 3 is 2.82 bits per heavy atom. The van der Waals surface area contributed by atoms with E-state index in [4.69, 9.17) is 5.11 Å². The highest BCUT2D eigenvalue weighted by atomic mass is 79.9. The van der Waals surface area contributed by atoms with Crippen LogP contribution in [0.3, 0.4) is 0 Å². The number of aryl methyl sites for hydroxylation is 1. The monoisotopic (exact) mass is 294 g/mol. The van der Waals surface area contributed by atoms with Gasteiger partial charge in [0.2, 0.25) is 0 Å². The van der Waals surface area contributed by atoms with Crippen molar-refractivity contribution >= 4 is 15.9 Å². The zero-order valence-corrected chi connectivity index (χ0v) is 11.5. The molecule has 1 heterocycles. The van der Waals surface area contributed by atoms with Crippen molar-refractivity contribution in [1.82, 2.24) is 9.55 Å². The van der Waals surface area contributed by atoms with Gasteiger partial charge < -0.3 is 9.67 Å². The second-order valence-corrected chi connectivity index (χ2v) is 4.83. The second-order valence-electron chi connectivity index (χ2n) is 4.08. The largest absolute Gasteiger partial charge is 0.396 e. The fourth-order valence-corrected chi connectivity index (χ4v) is 2.30. The van der Waals surface area contributed by atoms with Crippen molar-refractivity contribution in [3.8, 4) is 11.4 Å². The molecule has 90 valence electrons. The summed E-state index contributed by atoms with van der Waals surface area (Å²) in [5.41, 5.74) is 3.20. The predicted molar refractivity (Wildman–Crippen MR) is 71.9 cm³/mol. The van der Waals surface area contributed by atoms with Crippen LogP contribution in [0.15, 0.2) is 28.9 Å². The molecule has 1 N–H and O–H groups in total. The molecule has 1 aromatic carbocycles. The van der Waals surface area contributed by atoms with E-state index >= 15 is 0 Å². The van der Waals surface area contributed by atoms with E-state index in [1.165, 1.54) is 5.56 Å². The molecule has 0 fully saturated rings. The van der Waals surface area contributed by atoms with Gasteiger partial charge in [0, 0.05) is 25.6 Å². The number of benzene rings is 1. The van der Waals surface area contributed by atoms with E-state index in [2.05, 4.69) is 40.0 Å². The first-order valence-corrected chi connectivity index (χ1v) is 6.31. The third-order valence-corrected chi connectivity index (χ3v) is 3.71. The molecule has 1 aromatic heterocycles. The van der Waals surface area contributed by atoms with Gasteiger partial charge in [0.25, 0.3) is 0 Å². The predicted octanol–water partition coefficient (Wildman–Crippen LogP) is 2.69. The van der Waals surface area contributed by atoms with Crippen molar-refractivity contribution < 1.29 is 5.11 Å². The fourth-order valence-electron chi connectivity index (χ4n) is 1.84. The van der Waals surface area contributed by atoms with Crippen LogP contribution in [0.1, 0.15) is 11.3 Å². The highest BCUT2D eigenvalue weighted by Crippen LogP contribution is 2.25. The molecule has 0 bridgehead atoms. The lowest BCUT2D eigenvalue weighted by Gasteiger charge is -2.03. The molecule has 4 heteroatoms. The Balaban J connectivity index is 2.49. The normalized spacial score (nSPS) is 10.8. The Hall–Kier alpha value is -1.13. The van der Waals surface area contributed by atoms with Gasteiger partial charge in [0.1, 0.15) is 10.4 Å². The Labute approximate surface area is 109 Å². The van der Waals surface area contributed by atoms with Gasteiger partial charge >= 0.3 is 0 Å². The molecule has 0 atom stereocenters. The maximum Gasteiger partial charge on any atom is 0.140 e. The van der Waals surface area contributed by atoms with Crippen molar-refractivity contribution in [2.75, 3.05) is 6.61 Å². The van der Waals surface area contributed by atoms with Gasteiger partial charge in [0.15, 0.2) is 0 Å². The third-order valence-electron chi connectivity index (χ3n) is 2.72. The zero-order valence-electron chi connectivity index (χ0n) is 9.94. The summed E-state index contributed by atoms with van der Waals surface area (Å²) in [7, 11) is 1.97. The first-order chi connectivity index (χ1) is 8.13. The van der Waals surface area contributed by atoms with Crippen LogP contribution in [0.4, 0.5) is 0 Å². The highest BCUT2D eigenvalue weighted by Gasteiger charge is 2.13. The highest BCUT2D eigenvalue weighted by molar-refractivity contribution is 9.10. The standard InChI is InChI=1S/C13H15BrN2O/c1-9-4-3-5-10(8-9)13-15-11(6-7-17)12(14)16(13)2/h3-5,8,17H,6-7H2,1-2H3. The third kappa shape index (κ3) is 2.42. The van der Waals surface area contributed by atoms with Crippen molar-refractivity contribution in [1.29, 1.82) is 0 Å². The van der Waals surface area contributed by atoms with Crippen molar-refractivity contribution in [3.05, 3.63) is 40.1 Å². The van der Waals surface area contributed by atoms with Crippen LogP contribution in [0.5, 0.6) is 0 Å². The van der Waals surface area contributed by atoms with E-state index in [9.17, 15) is 0 Å². The molecular formula is C13H15BrN2O. The topological polar surface area (TPSA) is 38.1 Å². The maximum absolute atomic E-state index is 8.99. The van der Waals surface area contributed by atoms with E-state index in [0.717, 1.165) is 21.7 Å². The Morgan fingerprint density at radius 1 is 1.41 bits per heavy atom. The first-order valence-electron chi connectivity index (χ1n) is 5.52. The van der Waals surface area contributed by atoms with Crippen LogP contribution in [0, 0.1) is 6.92 Å². The summed E-state index contributed by atoms with van der Waals surface area (Å²) in [5, 5.41) is 8.99. The van der Waals surface area contributed by atoms with E-state index in [1.807, 2.05) is 23.7 Å². The molecular weight excluding hydrogens is 280 g/mol. The summed E-state index contributed by atoms with van der Waals surface area (Å²) in [6, 6.07) is 8.25. The lowest BCUT2D eigenvalue weighted by atomic mass is 10.1. The van der Waals surface area contributed by atoms with Crippen LogP contribution < -0.4 is 0 Å². The smallest absolute Gasteiger partial charge is 0.140 e. The van der Waals surface area contributed by atoms with Gasteiger partial charge in [-0.25, -0.2) is 4.98 Å². The molecule has 0 unspecified atom stereocenters. The average molecular weight is 295 g/mol. The zero-order chi connectivity index (χ0) is 12.4. The van der Waals surface area contributed by atoms with Gasteiger partial charge in [-0.3, -0.25) is 0 Å². The lowest BCUT2D eigenvalue weighted by Crippen LogP contribution is -1.93. The minimum Gasteiger partial charge on any atom is -0.396 e. The SMILES string of the molecule is Cc1cccc(-c2nc(CCO)c(Br)n2C)c1. The second kappa shape index (κ2) is 5.02. The Bertz CT molecular complexity index is 534. The molecule has 0 saturated carbocycles. The number of aliphatic hydroxyl groups excluding tert-OH is 1. The quantitative estimate of drug-likeness (QED) is 0.945. The number of nitrogens with zero attached hydrogens (tertiary/aromatic N) is 2. The lowest BCUT2D eigenvalue weighted by molar-refractivity contribution is 0.298. The fraction of sp³-hybridized carbons (Fsp3) is 0.308. The molecule has 0 radical (unpaired) electrons. The molecule has 2 aromatic rings. The molecule has 0 saturated heterocycles. The van der Waals surface area contributed by atoms with Crippen LogP contribution in [-0.4, -0.2) is 21.3 Å². The Morgan fingerprint density at radius 2 is 2.18 bits per heavy atom. The summed E-state index contributed by atoms with van der Waals surface area (Å²) in [5.74, 6) is 0.920. The van der Waals surface area contributed by atoms with Crippen molar-refractivity contribution in [2.45, 2.75) is 13.3 Å². The molecule has 0 spiro atoms. The molecule has 0 aliphatic heterocycles. The number of hydrogen-bond acceptors (Lipinski definition) is 2. The molecule has 0 aliphatic carbocycles. The van der Waals surface area contributed by atoms with Crippen LogP contribution in [0.2, 0.25) is 0 Å². The molecule has 2 rings (SSSR count). The average Bonchev–Trinajstić information content (AvgIpc) is 2.58. The van der Waals surface area contributed by atoms with E-state index in [1.54, 1.807) is 0 Å². The van der Waals surface area contributed by atoms with E-state index in [-0.39, 0.29) is 6.61 Å². The first kappa shape index (κ1) is 12.3. The summed E-state index contributed by atoms with van der Waals surface area (Å²) in [6.45, 7) is 2.18. The molecule has 3 nitrogen and oxygen atoms in total. The van der Waals surface area contributed by atoms with Gasteiger partial charge in [-0.15, -0.1) is 0 Å². The van der Waals surface area contributed by atoms with Crippen molar-refractivity contribution in [3.63, 3.8) is 0 Å². The minimum atomic E-state index is 0.114. The summed E-state index contributed by atoms with van der Waals surface area (Å²) >= 11 is 3.51. The maximum atomic E-state index is 8.99. The Kier molecular flexibility index (Phi) is 3.64. The van der Waals surface area contributed by atoms with Gasteiger partial charge in [-0.05, 0) is 28.9 Å². The van der Waals surface area contributed by atoms with Gasteiger partial charge in [-0.2, -0.15) is 0 Å². The van der Waals surface area contributed by atoms with Crippen LogP contribution in [-0.2, 0) is 13.5 Å². The number of aliphatic hydroxyl groups is 1. The van der Waals surface area contributed by atoms with E-state index < -0.39 is 0 Å². The summed E-state index contributed by atoms with van der Waals surface area (Å²) in [4.78, 5) is 4.57. The van der Waals surface area contributed by atoms with Crippen LogP contribution in [0.25, 0.3) is 11.4 Å². The number of rotatable bonds is 3. The molecule has 0 aliphatic rings. The number of imidazole rings is 1.